The first-order chi connectivity index (χ1) is 9.74. The molecule has 2 aliphatic rings. The summed E-state index contributed by atoms with van der Waals surface area (Å²) in [4.78, 5) is 14.5. The van der Waals surface area contributed by atoms with Crippen molar-refractivity contribution in [1.29, 1.82) is 0 Å². The van der Waals surface area contributed by atoms with Crippen LogP contribution in [0.1, 0.15) is 6.42 Å². The average Bonchev–Trinajstić information content (AvgIpc) is 2.62. The largest absolute Gasteiger partial charge is 0.296 e. The average molecular weight is 281 g/mol. The third kappa shape index (κ3) is 3.44. The van der Waals surface area contributed by atoms with Gasteiger partial charge in [-0.15, -0.1) is 5.73 Å². The number of aliphatic imine (C=N–C) groups is 3. The standard InChI is InChI=1S/C16H15N3S/c1-12-10-13(11-17-2)14(18-3)7-8-15-16(20-12)6-4-5-9-19-15/h5-7,9-11H,1,3,8H2,2H3/b13-10-,14-7+,17-11?. The zero-order chi connectivity index (χ0) is 14.4. The highest BCUT2D eigenvalue weighted by Crippen LogP contribution is 2.34. The fourth-order valence-electron chi connectivity index (χ4n) is 1.81. The van der Waals surface area contributed by atoms with E-state index in [2.05, 4.69) is 34.0 Å². The maximum atomic E-state index is 4.44. The second-order valence-electron chi connectivity index (χ2n) is 4.07. The van der Waals surface area contributed by atoms with E-state index in [0.29, 0.717) is 6.42 Å². The van der Waals surface area contributed by atoms with Crippen molar-refractivity contribution in [3.63, 3.8) is 0 Å². The van der Waals surface area contributed by atoms with Crippen molar-refractivity contribution in [2.45, 2.75) is 6.42 Å². The first kappa shape index (κ1) is 14.3. The normalized spacial score (nSPS) is 24.1. The molecule has 0 atom stereocenters. The van der Waals surface area contributed by atoms with Crippen LogP contribution in [-0.2, 0) is 0 Å². The van der Waals surface area contributed by atoms with Crippen LogP contribution in [0.5, 0.6) is 0 Å². The molecule has 2 rings (SSSR count). The fraction of sp³-hybridized carbons (Fsp3) is 0.125. The number of hydrogen-bond donors (Lipinski definition) is 0. The predicted molar refractivity (Wildman–Crippen MR) is 89.7 cm³/mol. The highest BCUT2D eigenvalue weighted by atomic mass is 32.2. The van der Waals surface area contributed by atoms with Crippen molar-refractivity contribution in [1.82, 2.24) is 0 Å². The molecular formula is C16H15N3S. The van der Waals surface area contributed by atoms with Gasteiger partial charge in [0.2, 0.25) is 0 Å². The first-order valence-electron chi connectivity index (χ1n) is 6.10. The molecule has 3 nitrogen and oxygen atoms in total. The summed E-state index contributed by atoms with van der Waals surface area (Å²) in [6, 6.07) is 0. The molecule has 0 fully saturated rings. The van der Waals surface area contributed by atoms with Gasteiger partial charge in [0.1, 0.15) is 0 Å². The molecule has 0 radical (unpaired) electrons. The van der Waals surface area contributed by atoms with E-state index in [1.807, 2.05) is 18.2 Å². The Bertz CT molecular complexity index is 651. The molecule has 4 heteroatoms. The third-order valence-electron chi connectivity index (χ3n) is 2.68. The fourth-order valence-corrected chi connectivity index (χ4v) is 2.66. The third-order valence-corrected chi connectivity index (χ3v) is 3.63. The van der Waals surface area contributed by atoms with E-state index in [9.17, 15) is 0 Å². The summed E-state index contributed by atoms with van der Waals surface area (Å²) in [7, 11) is 1.73. The summed E-state index contributed by atoms with van der Waals surface area (Å²) in [5.41, 5.74) is 5.75. The van der Waals surface area contributed by atoms with Gasteiger partial charge >= 0.3 is 0 Å². The second kappa shape index (κ2) is 6.85. The van der Waals surface area contributed by atoms with Crippen LogP contribution in [0.15, 0.2) is 78.4 Å². The molecule has 20 heavy (non-hydrogen) atoms. The van der Waals surface area contributed by atoms with Crippen molar-refractivity contribution in [3.05, 3.63) is 63.4 Å². The van der Waals surface area contributed by atoms with E-state index >= 15 is 0 Å². The van der Waals surface area contributed by atoms with Crippen LogP contribution in [-0.4, -0.2) is 26.2 Å². The Morgan fingerprint density at radius 3 is 3.10 bits per heavy atom. The summed E-state index contributed by atoms with van der Waals surface area (Å²) in [5.74, 6) is 0. The molecule has 2 aliphatic heterocycles. The summed E-state index contributed by atoms with van der Waals surface area (Å²) in [5, 5.41) is 0. The van der Waals surface area contributed by atoms with Gasteiger partial charge < -0.3 is 0 Å². The Morgan fingerprint density at radius 1 is 1.50 bits per heavy atom. The van der Waals surface area contributed by atoms with Gasteiger partial charge in [0.15, 0.2) is 0 Å². The summed E-state index contributed by atoms with van der Waals surface area (Å²) in [6.45, 7) is 7.70. The summed E-state index contributed by atoms with van der Waals surface area (Å²) in [6.07, 6.45) is 11.9. The molecule has 0 aliphatic carbocycles. The summed E-state index contributed by atoms with van der Waals surface area (Å²) >= 11 is 1.57. The molecule has 0 saturated carbocycles. The molecular weight excluding hydrogens is 266 g/mol. The number of hydrogen-bond acceptors (Lipinski definition) is 4. The van der Waals surface area contributed by atoms with Gasteiger partial charge in [-0.1, -0.05) is 24.4 Å². The molecule has 0 amide bonds. The van der Waals surface area contributed by atoms with Crippen LogP contribution in [0.4, 0.5) is 0 Å². The van der Waals surface area contributed by atoms with Crippen LogP contribution < -0.4 is 0 Å². The van der Waals surface area contributed by atoms with Gasteiger partial charge in [-0.2, -0.15) is 0 Å². The Kier molecular flexibility index (Phi) is 4.88. The monoisotopic (exact) mass is 281 g/mol. The molecule has 2 heterocycles. The topological polar surface area (TPSA) is 37.1 Å². The van der Waals surface area contributed by atoms with Crippen molar-refractivity contribution in [2.75, 3.05) is 7.05 Å². The van der Waals surface area contributed by atoms with E-state index in [1.165, 1.54) is 0 Å². The van der Waals surface area contributed by atoms with E-state index in [-0.39, 0.29) is 0 Å². The van der Waals surface area contributed by atoms with Crippen molar-refractivity contribution < 1.29 is 0 Å². The smallest absolute Gasteiger partial charge is 0.0674 e. The lowest BCUT2D eigenvalue weighted by Crippen LogP contribution is -1.90. The molecule has 0 aromatic carbocycles. The molecule has 0 aromatic heterocycles. The van der Waals surface area contributed by atoms with E-state index < -0.39 is 0 Å². The SMILES string of the molecule is C=NC1=C/CC2=C(C=C=CC=N2)SC(=C)/C=C\1C=NC. The maximum absolute atomic E-state index is 4.44. The number of rotatable bonds is 2. The molecule has 0 saturated heterocycles. The van der Waals surface area contributed by atoms with Crippen LogP contribution >= 0.6 is 11.8 Å². The van der Waals surface area contributed by atoms with Gasteiger partial charge in [0.25, 0.3) is 0 Å². The highest BCUT2D eigenvalue weighted by Gasteiger charge is 2.11. The zero-order valence-corrected chi connectivity index (χ0v) is 12.2. The molecule has 0 unspecified atom stereocenters. The lowest BCUT2D eigenvalue weighted by atomic mass is 10.1. The molecule has 0 N–H and O–H groups in total. The van der Waals surface area contributed by atoms with Gasteiger partial charge in [-0.3, -0.25) is 15.0 Å². The molecule has 100 valence electrons. The van der Waals surface area contributed by atoms with Gasteiger partial charge in [-0.05, 0) is 24.9 Å². The quantitative estimate of drug-likeness (QED) is 0.559. The Labute approximate surface area is 123 Å². The van der Waals surface area contributed by atoms with Gasteiger partial charge in [-0.25, -0.2) is 0 Å². The minimum Gasteiger partial charge on any atom is -0.296 e. The van der Waals surface area contributed by atoms with Gasteiger partial charge in [0.05, 0.1) is 11.4 Å². The van der Waals surface area contributed by atoms with Crippen molar-refractivity contribution in [3.8, 4) is 0 Å². The lowest BCUT2D eigenvalue weighted by molar-refractivity contribution is 1.14. The number of thioether (sulfide) groups is 1. The van der Waals surface area contributed by atoms with Crippen LogP contribution in [0.25, 0.3) is 0 Å². The lowest BCUT2D eigenvalue weighted by Gasteiger charge is -2.04. The molecule has 0 spiro atoms. The second-order valence-corrected chi connectivity index (χ2v) is 5.24. The Morgan fingerprint density at radius 2 is 2.35 bits per heavy atom. The molecule has 0 bridgehead atoms. The van der Waals surface area contributed by atoms with Gasteiger partial charge in [0, 0.05) is 41.3 Å². The number of nitrogens with zero attached hydrogens (tertiary/aromatic N) is 3. The predicted octanol–water partition coefficient (Wildman–Crippen LogP) is 3.86. The Balaban J connectivity index is 2.50. The minimum absolute atomic E-state index is 0.682. The Hall–Kier alpha value is -2.16. The van der Waals surface area contributed by atoms with Crippen molar-refractivity contribution >= 4 is 30.9 Å². The van der Waals surface area contributed by atoms with E-state index in [4.69, 9.17) is 0 Å². The van der Waals surface area contributed by atoms with E-state index in [0.717, 1.165) is 26.8 Å². The van der Waals surface area contributed by atoms with Crippen LogP contribution in [0, 0.1) is 0 Å². The zero-order valence-electron chi connectivity index (χ0n) is 11.3. The van der Waals surface area contributed by atoms with Crippen LogP contribution in [0.3, 0.4) is 0 Å². The minimum atomic E-state index is 0.682. The van der Waals surface area contributed by atoms with Crippen LogP contribution in [0.2, 0.25) is 0 Å². The van der Waals surface area contributed by atoms with E-state index in [1.54, 1.807) is 37.3 Å². The maximum Gasteiger partial charge on any atom is 0.0674 e. The summed E-state index contributed by atoms with van der Waals surface area (Å²) < 4.78 is 0. The van der Waals surface area contributed by atoms with Crippen molar-refractivity contribution in [2.24, 2.45) is 15.0 Å². The highest BCUT2D eigenvalue weighted by molar-refractivity contribution is 8.07. The molecule has 0 aromatic rings. The number of allylic oxidation sites excluding steroid dienone is 4. The first-order valence-corrected chi connectivity index (χ1v) is 6.92.